The molecule has 0 bridgehead atoms. The number of anilines is 1. The van der Waals surface area contributed by atoms with Crippen molar-refractivity contribution in [2.24, 2.45) is 0 Å². The molecule has 0 radical (unpaired) electrons. The van der Waals surface area contributed by atoms with Gasteiger partial charge in [0.2, 0.25) is 5.91 Å². The van der Waals surface area contributed by atoms with Gasteiger partial charge in [-0.05, 0) is 18.3 Å². The zero-order valence-electron chi connectivity index (χ0n) is 12.9. The van der Waals surface area contributed by atoms with Crippen molar-refractivity contribution in [3.05, 3.63) is 34.4 Å². The summed E-state index contributed by atoms with van der Waals surface area (Å²) in [5.74, 6) is -1.03. The zero-order chi connectivity index (χ0) is 17.9. The van der Waals surface area contributed by atoms with Crippen molar-refractivity contribution in [3.63, 3.8) is 0 Å². The molecule has 0 heterocycles. The minimum atomic E-state index is -0.567. The summed E-state index contributed by atoms with van der Waals surface area (Å²) in [6.07, 6.45) is -0.228. The maximum Gasteiger partial charge on any atom is 0.306 e. The SMILES string of the molecule is COCCOC(=O)CCC(=O)NC(=S)Nc1ccccc1[N+](=O)[O-]. The van der Waals surface area contributed by atoms with Crippen LogP contribution in [0.1, 0.15) is 12.8 Å². The minimum absolute atomic E-state index is 0.0953. The van der Waals surface area contributed by atoms with Gasteiger partial charge in [0.15, 0.2) is 5.11 Å². The van der Waals surface area contributed by atoms with Gasteiger partial charge < -0.3 is 20.1 Å². The molecule has 10 heteroatoms. The van der Waals surface area contributed by atoms with E-state index in [1.807, 2.05) is 0 Å². The number of nitro benzene ring substituents is 1. The summed E-state index contributed by atoms with van der Waals surface area (Å²) < 4.78 is 9.53. The minimum Gasteiger partial charge on any atom is -0.463 e. The number of carbonyl (C=O) groups is 2. The van der Waals surface area contributed by atoms with Crippen LogP contribution in [0, 0.1) is 10.1 Å². The van der Waals surface area contributed by atoms with Crippen LogP contribution in [0.15, 0.2) is 24.3 Å². The maximum atomic E-state index is 11.7. The summed E-state index contributed by atoms with van der Waals surface area (Å²) in [6.45, 7) is 0.399. The van der Waals surface area contributed by atoms with Crippen molar-refractivity contribution in [1.82, 2.24) is 5.32 Å². The van der Waals surface area contributed by atoms with Crippen molar-refractivity contribution in [2.75, 3.05) is 25.6 Å². The fourth-order valence-electron chi connectivity index (χ4n) is 1.61. The second-order valence-electron chi connectivity index (χ2n) is 4.49. The molecule has 0 unspecified atom stereocenters. The van der Waals surface area contributed by atoms with Gasteiger partial charge in [-0.3, -0.25) is 19.7 Å². The molecular formula is C14H17N3O6S. The molecule has 0 aliphatic carbocycles. The number of methoxy groups -OCH3 is 1. The van der Waals surface area contributed by atoms with Crippen LogP contribution in [-0.2, 0) is 19.1 Å². The number of hydrogen-bond donors (Lipinski definition) is 2. The van der Waals surface area contributed by atoms with Crippen LogP contribution in [0.4, 0.5) is 11.4 Å². The Labute approximate surface area is 143 Å². The third-order valence-electron chi connectivity index (χ3n) is 2.71. The fraction of sp³-hybridized carbons (Fsp3) is 0.357. The largest absolute Gasteiger partial charge is 0.463 e. The Balaban J connectivity index is 2.41. The standard InChI is InChI=1S/C14H17N3O6S/c1-22-8-9-23-13(19)7-6-12(18)16-14(24)15-10-4-2-3-5-11(10)17(20)21/h2-5H,6-9H2,1H3,(H2,15,16,18,24). The lowest BCUT2D eigenvalue weighted by atomic mass is 10.2. The lowest BCUT2D eigenvalue weighted by Gasteiger charge is -2.09. The van der Waals surface area contributed by atoms with Crippen molar-refractivity contribution >= 4 is 40.6 Å². The number of nitrogens with zero attached hydrogens (tertiary/aromatic N) is 1. The molecule has 0 saturated heterocycles. The number of hydrogen-bond acceptors (Lipinski definition) is 7. The van der Waals surface area contributed by atoms with E-state index in [2.05, 4.69) is 10.6 Å². The highest BCUT2D eigenvalue weighted by Crippen LogP contribution is 2.22. The van der Waals surface area contributed by atoms with Crippen LogP contribution in [0.5, 0.6) is 0 Å². The predicted octanol–water partition coefficient (Wildman–Crippen LogP) is 1.38. The van der Waals surface area contributed by atoms with E-state index in [1.165, 1.54) is 25.3 Å². The molecule has 0 spiro atoms. The third kappa shape index (κ3) is 7.11. The number of carbonyl (C=O) groups excluding carboxylic acids is 2. The molecule has 0 aromatic heterocycles. The van der Waals surface area contributed by atoms with Gasteiger partial charge in [-0.15, -0.1) is 0 Å². The van der Waals surface area contributed by atoms with Crippen LogP contribution in [-0.4, -0.2) is 42.2 Å². The molecule has 2 N–H and O–H groups in total. The molecule has 1 amide bonds. The molecule has 0 saturated carbocycles. The normalized spacial score (nSPS) is 9.88. The van der Waals surface area contributed by atoms with Gasteiger partial charge in [0.1, 0.15) is 12.3 Å². The smallest absolute Gasteiger partial charge is 0.306 e. The molecule has 1 aromatic carbocycles. The highest BCUT2D eigenvalue weighted by Gasteiger charge is 2.15. The average Bonchev–Trinajstić information content (AvgIpc) is 2.53. The first-order valence-corrected chi connectivity index (χ1v) is 7.33. The Hall–Kier alpha value is -2.59. The fourth-order valence-corrected chi connectivity index (χ4v) is 1.83. The van der Waals surface area contributed by atoms with Gasteiger partial charge in [0, 0.05) is 19.6 Å². The van der Waals surface area contributed by atoms with Crippen molar-refractivity contribution in [2.45, 2.75) is 12.8 Å². The van der Waals surface area contributed by atoms with Gasteiger partial charge in [0.25, 0.3) is 5.69 Å². The highest BCUT2D eigenvalue weighted by atomic mass is 32.1. The molecule has 1 aromatic rings. The monoisotopic (exact) mass is 355 g/mol. The Bertz CT molecular complexity index is 622. The van der Waals surface area contributed by atoms with Crippen LogP contribution < -0.4 is 10.6 Å². The van der Waals surface area contributed by atoms with E-state index in [4.69, 9.17) is 21.7 Å². The van der Waals surface area contributed by atoms with Gasteiger partial charge in [-0.1, -0.05) is 12.1 Å². The molecule has 1 rings (SSSR count). The van der Waals surface area contributed by atoms with Crippen LogP contribution in [0.25, 0.3) is 0 Å². The number of rotatable bonds is 8. The van der Waals surface area contributed by atoms with Crippen LogP contribution in [0.2, 0.25) is 0 Å². The first kappa shape index (κ1) is 19.5. The Morgan fingerprint density at radius 2 is 1.96 bits per heavy atom. The summed E-state index contributed by atoms with van der Waals surface area (Å²) in [6, 6.07) is 5.88. The highest BCUT2D eigenvalue weighted by molar-refractivity contribution is 7.80. The third-order valence-corrected chi connectivity index (χ3v) is 2.91. The number of amides is 1. The molecule has 24 heavy (non-hydrogen) atoms. The molecule has 0 aliphatic rings. The number of nitro groups is 1. The maximum absolute atomic E-state index is 11.7. The average molecular weight is 355 g/mol. The Morgan fingerprint density at radius 1 is 1.25 bits per heavy atom. The summed E-state index contributed by atoms with van der Waals surface area (Å²) >= 11 is 4.93. The topological polar surface area (TPSA) is 120 Å². The number of para-hydroxylation sites is 2. The second kappa shape index (κ2) is 10.2. The first-order valence-electron chi connectivity index (χ1n) is 6.93. The summed E-state index contributed by atoms with van der Waals surface area (Å²) in [5, 5.41) is 15.7. The number of thiocarbonyl (C=S) groups is 1. The summed E-state index contributed by atoms with van der Waals surface area (Å²) in [7, 11) is 1.48. The predicted molar refractivity (Wildman–Crippen MR) is 89.5 cm³/mol. The number of ether oxygens (including phenoxy) is 2. The van der Waals surface area contributed by atoms with Gasteiger partial charge in [-0.25, -0.2) is 0 Å². The molecular weight excluding hydrogens is 338 g/mol. The number of esters is 1. The van der Waals surface area contributed by atoms with Crippen LogP contribution >= 0.6 is 12.2 Å². The van der Waals surface area contributed by atoms with Crippen LogP contribution in [0.3, 0.4) is 0 Å². The molecule has 0 aliphatic heterocycles. The van der Waals surface area contributed by atoms with E-state index in [9.17, 15) is 19.7 Å². The lowest BCUT2D eigenvalue weighted by Crippen LogP contribution is -2.34. The quantitative estimate of drug-likeness (QED) is 0.236. The molecule has 0 atom stereocenters. The molecule has 130 valence electrons. The van der Waals surface area contributed by atoms with E-state index >= 15 is 0 Å². The number of benzene rings is 1. The second-order valence-corrected chi connectivity index (χ2v) is 4.90. The number of nitrogens with one attached hydrogen (secondary N) is 2. The van der Waals surface area contributed by atoms with Crippen molar-refractivity contribution < 1.29 is 24.0 Å². The zero-order valence-corrected chi connectivity index (χ0v) is 13.8. The molecule has 0 fully saturated rings. The summed E-state index contributed by atoms with van der Waals surface area (Å²) in [5.41, 5.74) is -0.0115. The Morgan fingerprint density at radius 3 is 2.62 bits per heavy atom. The van der Waals surface area contributed by atoms with Crippen molar-refractivity contribution in [3.8, 4) is 0 Å². The van der Waals surface area contributed by atoms with E-state index < -0.39 is 16.8 Å². The van der Waals surface area contributed by atoms with E-state index in [0.717, 1.165) is 0 Å². The molecule has 9 nitrogen and oxygen atoms in total. The first-order chi connectivity index (χ1) is 11.4. The lowest BCUT2D eigenvalue weighted by molar-refractivity contribution is -0.383. The van der Waals surface area contributed by atoms with E-state index in [-0.39, 0.29) is 42.5 Å². The van der Waals surface area contributed by atoms with E-state index in [0.29, 0.717) is 0 Å². The van der Waals surface area contributed by atoms with Gasteiger partial charge in [-0.2, -0.15) is 0 Å². The summed E-state index contributed by atoms with van der Waals surface area (Å²) in [4.78, 5) is 33.3. The van der Waals surface area contributed by atoms with E-state index in [1.54, 1.807) is 6.07 Å². The van der Waals surface area contributed by atoms with Gasteiger partial charge >= 0.3 is 5.97 Å². The van der Waals surface area contributed by atoms with Crippen molar-refractivity contribution in [1.29, 1.82) is 0 Å². The van der Waals surface area contributed by atoms with Gasteiger partial charge in [0.05, 0.1) is 18.0 Å². The Kier molecular flexibility index (Phi) is 8.30.